The molecule has 3 nitrogen and oxygen atoms in total. The van der Waals surface area contributed by atoms with Crippen molar-refractivity contribution in [1.29, 1.82) is 0 Å². The molecule has 4 heteroatoms. The first-order valence-corrected chi connectivity index (χ1v) is 7.18. The molecule has 0 bridgehead atoms. The lowest BCUT2D eigenvalue weighted by Gasteiger charge is -2.37. The summed E-state index contributed by atoms with van der Waals surface area (Å²) in [6.45, 7) is 0. The summed E-state index contributed by atoms with van der Waals surface area (Å²) in [6.07, 6.45) is 6.74. The Balaban J connectivity index is 1.86. The first-order valence-electron chi connectivity index (χ1n) is 6.30. The molecule has 0 radical (unpaired) electrons. The SMILES string of the molecule is COC(=O)C1(c2csc(C3CCC3)n2)CCC1. The smallest absolute Gasteiger partial charge is 0.317 e. The van der Waals surface area contributed by atoms with Crippen LogP contribution in [0.5, 0.6) is 0 Å². The number of rotatable bonds is 3. The minimum atomic E-state index is -0.409. The summed E-state index contributed by atoms with van der Waals surface area (Å²) in [5.74, 6) is 0.553. The Bertz CT molecular complexity index is 432. The van der Waals surface area contributed by atoms with E-state index in [2.05, 4.69) is 5.38 Å². The Morgan fingerprint density at radius 2 is 2.24 bits per heavy atom. The molecule has 2 aliphatic carbocycles. The van der Waals surface area contributed by atoms with Crippen LogP contribution in [0.3, 0.4) is 0 Å². The lowest BCUT2D eigenvalue weighted by atomic mass is 9.67. The van der Waals surface area contributed by atoms with E-state index >= 15 is 0 Å². The Hall–Kier alpha value is -0.900. The first kappa shape index (κ1) is 11.2. The number of methoxy groups -OCH3 is 1. The molecule has 0 aliphatic heterocycles. The summed E-state index contributed by atoms with van der Waals surface area (Å²) in [4.78, 5) is 16.6. The van der Waals surface area contributed by atoms with Crippen molar-refractivity contribution in [3.8, 4) is 0 Å². The van der Waals surface area contributed by atoms with E-state index in [4.69, 9.17) is 9.72 Å². The number of hydrogen-bond acceptors (Lipinski definition) is 4. The third-order valence-corrected chi connectivity index (χ3v) is 5.26. The zero-order chi connectivity index (χ0) is 11.9. The van der Waals surface area contributed by atoms with Crippen molar-refractivity contribution in [2.24, 2.45) is 0 Å². The second kappa shape index (κ2) is 4.09. The molecule has 92 valence electrons. The van der Waals surface area contributed by atoms with Crippen LogP contribution in [0.25, 0.3) is 0 Å². The van der Waals surface area contributed by atoms with Gasteiger partial charge in [0.2, 0.25) is 0 Å². The number of ether oxygens (including phenoxy) is 1. The van der Waals surface area contributed by atoms with Crippen molar-refractivity contribution in [2.45, 2.75) is 49.9 Å². The first-order chi connectivity index (χ1) is 8.26. The number of aromatic nitrogens is 1. The van der Waals surface area contributed by atoms with E-state index < -0.39 is 5.41 Å². The van der Waals surface area contributed by atoms with Gasteiger partial charge in [0, 0.05) is 11.3 Å². The molecule has 17 heavy (non-hydrogen) atoms. The Morgan fingerprint density at radius 3 is 2.71 bits per heavy atom. The topological polar surface area (TPSA) is 39.2 Å². The van der Waals surface area contributed by atoms with E-state index in [1.807, 2.05) is 0 Å². The van der Waals surface area contributed by atoms with Gasteiger partial charge < -0.3 is 4.74 Å². The van der Waals surface area contributed by atoms with Gasteiger partial charge in [-0.15, -0.1) is 11.3 Å². The second-order valence-corrected chi connectivity index (χ2v) is 6.02. The van der Waals surface area contributed by atoms with Crippen molar-refractivity contribution in [2.75, 3.05) is 7.11 Å². The standard InChI is InChI=1S/C13H17NO2S/c1-16-12(15)13(6-3-7-13)10-8-17-11(14-10)9-4-2-5-9/h8-9H,2-7H2,1H3. The van der Waals surface area contributed by atoms with Crippen LogP contribution < -0.4 is 0 Å². The van der Waals surface area contributed by atoms with Crippen LogP contribution in [-0.2, 0) is 14.9 Å². The van der Waals surface area contributed by atoms with Gasteiger partial charge in [-0.3, -0.25) is 4.79 Å². The van der Waals surface area contributed by atoms with Crippen LogP contribution in [0.1, 0.15) is 55.1 Å². The highest BCUT2D eigenvalue weighted by Crippen LogP contribution is 2.46. The number of thiazole rings is 1. The van der Waals surface area contributed by atoms with Crippen LogP contribution >= 0.6 is 11.3 Å². The van der Waals surface area contributed by atoms with Crippen molar-refractivity contribution >= 4 is 17.3 Å². The van der Waals surface area contributed by atoms with Crippen molar-refractivity contribution in [1.82, 2.24) is 4.98 Å². The summed E-state index contributed by atoms with van der Waals surface area (Å²) in [5, 5.41) is 3.30. The Morgan fingerprint density at radius 1 is 1.47 bits per heavy atom. The molecule has 0 unspecified atom stereocenters. The maximum atomic E-state index is 11.9. The largest absolute Gasteiger partial charge is 0.468 e. The average molecular weight is 251 g/mol. The van der Waals surface area contributed by atoms with Crippen LogP contribution in [-0.4, -0.2) is 18.1 Å². The van der Waals surface area contributed by atoms with Gasteiger partial charge in [0.05, 0.1) is 17.8 Å². The Labute approximate surface area is 105 Å². The average Bonchev–Trinajstić information content (AvgIpc) is 2.62. The number of carbonyl (C=O) groups excluding carboxylic acids is 1. The summed E-state index contributed by atoms with van der Waals surface area (Å²) in [6, 6.07) is 0. The minimum Gasteiger partial charge on any atom is -0.468 e. The van der Waals surface area contributed by atoms with Crippen molar-refractivity contribution in [3.05, 3.63) is 16.1 Å². The minimum absolute atomic E-state index is 0.103. The van der Waals surface area contributed by atoms with E-state index in [0.29, 0.717) is 5.92 Å². The van der Waals surface area contributed by atoms with Crippen LogP contribution in [0.2, 0.25) is 0 Å². The molecule has 0 aromatic carbocycles. The molecule has 0 amide bonds. The lowest BCUT2D eigenvalue weighted by Crippen LogP contribution is -2.43. The van der Waals surface area contributed by atoms with Gasteiger partial charge in [-0.2, -0.15) is 0 Å². The van der Waals surface area contributed by atoms with Gasteiger partial charge in [-0.1, -0.05) is 12.8 Å². The van der Waals surface area contributed by atoms with Crippen LogP contribution in [0, 0.1) is 0 Å². The quantitative estimate of drug-likeness (QED) is 0.775. The molecule has 1 aromatic rings. The fourth-order valence-electron chi connectivity index (χ4n) is 2.64. The monoisotopic (exact) mass is 251 g/mol. The number of carbonyl (C=O) groups is 1. The normalized spacial score (nSPS) is 22.6. The van der Waals surface area contributed by atoms with Gasteiger partial charge in [-0.25, -0.2) is 4.98 Å². The zero-order valence-electron chi connectivity index (χ0n) is 10.1. The molecule has 0 atom stereocenters. The predicted octanol–water partition coefficient (Wildman–Crippen LogP) is 3.01. The molecule has 0 saturated heterocycles. The van der Waals surface area contributed by atoms with Gasteiger partial charge >= 0.3 is 5.97 Å². The fraction of sp³-hybridized carbons (Fsp3) is 0.692. The molecular weight excluding hydrogens is 234 g/mol. The highest BCUT2D eigenvalue weighted by atomic mass is 32.1. The highest BCUT2D eigenvalue weighted by Gasteiger charge is 2.48. The molecule has 2 fully saturated rings. The van der Waals surface area contributed by atoms with Crippen molar-refractivity contribution < 1.29 is 9.53 Å². The highest BCUT2D eigenvalue weighted by molar-refractivity contribution is 7.09. The molecule has 0 spiro atoms. The molecular formula is C13H17NO2S. The third-order valence-electron chi connectivity index (χ3n) is 4.25. The van der Waals surface area contributed by atoms with Gasteiger partial charge in [0.25, 0.3) is 0 Å². The van der Waals surface area contributed by atoms with Crippen LogP contribution in [0.15, 0.2) is 5.38 Å². The predicted molar refractivity (Wildman–Crippen MR) is 66.3 cm³/mol. The summed E-state index contributed by atoms with van der Waals surface area (Å²) >= 11 is 1.72. The van der Waals surface area contributed by atoms with Gasteiger partial charge in [0.15, 0.2) is 0 Å². The van der Waals surface area contributed by atoms with E-state index in [1.165, 1.54) is 31.4 Å². The van der Waals surface area contributed by atoms with E-state index in [-0.39, 0.29) is 5.97 Å². The molecule has 3 rings (SSSR count). The summed E-state index contributed by atoms with van der Waals surface area (Å²) in [7, 11) is 1.47. The lowest BCUT2D eigenvalue weighted by molar-refractivity contribution is -0.151. The maximum absolute atomic E-state index is 11.9. The second-order valence-electron chi connectivity index (χ2n) is 5.13. The molecule has 2 saturated carbocycles. The van der Waals surface area contributed by atoms with Crippen LogP contribution in [0.4, 0.5) is 0 Å². The zero-order valence-corrected chi connectivity index (χ0v) is 10.9. The maximum Gasteiger partial charge on any atom is 0.317 e. The van der Waals surface area contributed by atoms with Crippen molar-refractivity contribution in [3.63, 3.8) is 0 Å². The van der Waals surface area contributed by atoms with Gasteiger partial charge in [-0.05, 0) is 25.7 Å². The molecule has 2 aliphatic rings. The number of hydrogen-bond donors (Lipinski definition) is 0. The van der Waals surface area contributed by atoms with E-state index in [9.17, 15) is 4.79 Å². The molecule has 1 aromatic heterocycles. The third kappa shape index (κ3) is 1.61. The number of esters is 1. The molecule has 1 heterocycles. The molecule has 0 N–H and O–H groups in total. The Kier molecular flexibility index (Phi) is 2.69. The summed E-state index contributed by atoms with van der Waals surface area (Å²) in [5.41, 5.74) is 0.551. The summed E-state index contributed by atoms with van der Waals surface area (Å²) < 4.78 is 4.95. The number of nitrogens with zero attached hydrogens (tertiary/aromatic N) is 1. The van der Waals surface area contributed by atoms with Gasteiger partial charge in [0.1, 0.15) is 5.41 Å². The van der Waals surface area contributed by atoms with E-state index in [0.717, 1.165) is 25.0 Å². The fourth-order valence-corrected chi connectivity index (χ4v) is 3.73. The van der Waals surface area contributed by atoms with E-state index in [1.54, 1.807) is 11.3 Å².